The average molecular weight is 306 g/mol. The van der Waals surface area contributed by atoms with E-state index in [1.807, 2.05) is 0 Å². The topological polar surface area (TPSA) is 52.6 Å². The summed E-state index contributed by atoms with van der Waals surface area (Å²) in [5, 5.41) is 12.9. The van der Waals surface area contributed by atoms with Crippen molar-refractivity contribution in [2.45, 2.75) is 44.2 Å². The second-order valence-electron chi connectivity index (χ2n) is 6.52. The summed E-state index contributed by atoms with van der Waals surface area (Å²) in [7, 11) is 1.76. The molecule has 1 saturated carbocycles. The Morgan fingerprint density at radius 3 is 2.95 bits per heavy atom. The third-order valence-electron chi connectivity index (χ3n) is 4.95. The molecule has 0 bridgehead atoms. The van der Waals surface area contributed by atoms with Gasteiger partial charge in [-0.2, -0.15) is 0 Å². The van der Waals surface area contributed by atoms with Crippen LogP contribution in [0.4, 0.5) is 9.18 Å². The van der Waals surface area contributed by atoms with E-state index in [0.29, 0.717) is 6.54 Å². The van der Waals surface area contributed by atoms with Crippen LogP contribution in [0, 0.1) is 11.7 Å². The third kappa shape index (κ3) is 3.09. The number of carbonyl (C=O) groups excluding carboxylic acids is 1. The Balaban J connectivity index is 1.58. The molecular formula is C17H23FN2O2. The van der Waals surface area contributed by atoms with Crippen molar-refractivity contribution in [2.75, 3.05) is 13.6 Å². The highest BCUT2D eigenvalue weighted by atomic mass is 19.1. The van der Waals surface area contributed by atoms with Crippen LogP contribution in [0.15, 0.2) is 18.2 Å². The van der Waals surface area contributed by atoms with Crippen LogP contribution in [-0.2, 0) is 6.42 Å². The lowest BCUT2D eigenvalue weighted by atomic mass is 10.1. The summed E-state index contributed by atoms with van der Waals surface area (Å²) in [5.41, 5.74) is 2.00. The number of hydrogen-bond donors (Lipinski definition) is 2. The van der Waals surface area contributed by atoms with Gasteiger partial charge in [-0.15, -0.1) is 0 Å². The normalized spacial score (nSPS) is 26.8. The van der Waals surface area contributed by atoms with Gasteiger partial charge in [-0.3, -0.25) is 0 Å². The first-order chi connectivity index (χ1) is 10.5. The lowest BCUT2D eigenvalue weighted by Gasteiger charge is -2.25. The molecule has 0 aromatic heterocycles. The molecule has 0 saturated heterocycles. The summed E-state index contributed by atoms with van der Waals surface area (Å²) in [6.45, 7) is 0.579. The van der Waals surface area contributed by atoms with E-state index in [0.717, 1.165) is 43.2 Å². The highest BCUT2D eigenvalue weighted by Crippen LogP contribution is 2.32. The van der Waals surface area contributed by atoms with Gasteiger partial charge in [0.05, 0.1) is 12.1 Å². The quantitative estimate of drug-likeness (QED) is 0.902. The van der Waals surface area contributed by atoms with E-state index in [-0.39, 0.29) is 29.9 Å². The molecule has 1 fully saturated rings. The molecule has 22 heavy (non-hydrogen) atoms. The number of nitrogens with zero attached hydrogens (tertiary/aromatic N) is 1. The van der Waals surface area contributed by atoms with E-state index in [1.165, 1.54) is 6.07 Å². The van der Waals surface area contributed by atoms with E-state index in [9.17, 15) is 14.3 Å². The number of rotatable bonds is 3. The molecule has 0 spiro atoms. The Kier molecular flexibility index (Phi) is 4.34. The first kappa shape index (κ1) is 15.3. The number of amides is 2. The van der Waals surface area contributed by atoms with E-state index >= 15 is 0 Å². The zero-order valence-electron chi connectivity index (χ0n) is 12.9. The minimum Gasteiger partial charge on any atom is -0.393 e. The predicted octanol–water partition coefficient (Wildman–Crippen LogP) is 2.62. The number of nitrogens with one attached hydrogen (secondary N) is 1. The smallest absolute Gasteiger partial charge is 0.317 e. The molecule has 3 rings (SSSR count). The molecule has 0 aliphatic heterocycles. The monoisotopic (exact) mass is 306 g/mol. The van der Waals surface area contributed by atoms with Crippen LogP contribution < -0.4 is 5.32 Å². The minimum atomic E-state index is -0.287. The van der Waals surface area contributed by atoms with Crippen molar-refractivity contribution in [2.24, 2.45) is 5.92 Å². The average Bonchev–Trinajstić information content (AvgIpc) is 3.06. The molecule has 2 aliphatic carbocycles. The standard InChI is InChI=1S/C17H23FN2O2/c1-20(10-12-3-2-4-16(12)21)17(22)19-15-8-5-11-9-13(18)6-7-14(11)15/h6-7,9,12,15-16,21H,2-5,8,10H2,1H3,(H,19,22). The number of aliphatic hydroxyl groups is 1. The lowest BCUT2D eigenvalue weighted by molar-refractivity contribution is 0.113. The molecule has 0 radical (unpaired) electrons. The Morgan fingerprint density at radius 2 is 2.23 bits per heavy atom. The van der Waals surface area contributed by atoms with Gasteiger partial charge in [0.25, 0.3) is 0 Å². The highest BCUT2D eigenvalue weighted by Gasteiger charge is 2.29. The number of carbonyl (C=O) groups is 1. The Hall–Kier alpha value is -1.62. The summed E-state index contributed by atoms with van der Waals surface area (Å²) in [6, 6.07) is 4.60. The fraction of sp³-hybridized carbons (Fsp3) is 0.588. The maximum absolute atomic E-state index is 13.2. The fourth-order valence-electron chi connectivity index (χ4n) is 3.66. The molecule has 2 aliphatic rings. The molecule has 1 aromatic rings. The van der Waals surface area contributed by atoms with Gasteiger partial charge in [0, 0.05) is 19.5 Å². The highest BCUT2D eigenvalue weighted by molar-refractivity contribution is 5.74. The Morgan fingerprint density at radius 1 is 1.41 bits per heavy atom. The number of halogens is 1. The van der Waals surface area contributed by atoms with Gasteiger partial charge < -0.3 is 15.3 Å². The molecular weight excluding hydrogens is 283 g/mol. The van der Waals surface area contributed by atoms with Gasteiger partial charge in [-0.1, -0.05) is 12.5 Å². The number of fused-ring (bicyclic) bond motifs is 1. The molecule has 3 atom stereocenters. The van der Waals surface area contributed by atoms with Crippen LogP contribution in [0.2, 0.25) is 0 Å². The molecule has 3 unspecified atom stereocenters. The van der Waals surface area contributed by atoms with Gasteiger partial charge in [0.1, 0.15) is 5.82 Å². The van der Waals surface area contributed by atoms with Crippen LogP contribution in [0.3, 0.4) is 0 Å². The van der Waals surface area contributed by atoms with E-state index in [2.05, 4.69) is 5.32 Å². The van der Waals surface area contributed by atoms with Crippen molar-refractivity contribution >= 4 is 6.03 Å². The van der Waals surface area contributed by atoms with Crippen LogP contribution in [0.5, 0.6) is 0 Å². The number of aryl methyl sites for hydroxylation is 1. The van der Waals surface area contributed by atoms with E-state index in [4.69, 9.17) is 0 Å². The minimum absolute atomic E-state index is 0.0425. The van der Waals surface area contributed by atoms with Crippen LogP contribution in [-0.4, -0.2) is 35.7 Å². The molecule has 120 valence electrons. The Bertz CT molecular complexity index is 564. The predicted molar refractivity (Wildman–Crippen MR) is 82.0 cm³/mol. The number of urea groups is 1. The van der Waals surface area contributed by atoms with Crippen LogP contribution >= 0.6 is 0 Å². The maximum Gasteiger partial charge on any atom is 0.317 e. The molecule has 4 nitrogen and oxygen atoms in total. The van der Waals surface area contributed by atoms with Crippen molar-refractivity contribution < 1.29 is 14.3 Å². The van der Waals surface area contributed by atoms with Gasteiger partial charge in [-0.25, -0.2) is 9.18 Å². The lowest BCUT2D eigenvalue weighted by Crippen LogP contribution is -2.42. The summed E-state index contributed by atoms with van der Waals surface area (Å²) in [4.78, 5) is 14.0. The largest absolute Gasteiger partial charge is 0.393 e. The molecule has 0 heterocycles. The van der Waals surface area contributed by atoms with Crippen molar-refractivity contribution in [3.05, 3.63) is 35.1 Å². The summed E-state index contributed by atoms with van der Waals surface area (Å²) in [5.74, 6) is -0.0428. The van der Waals surface area contributed by atoms with Crippen molar-refractivity contribution in [3.63, 3.8) is 0 Å². The Labute approximate surface area is 130 Å². The van der Waals surface area contributed by atoms with Crippen LogP contribution in [0.1, 0.15) is 42.9 Å². The van der Waals surface area contributed by atoms with Crippen molar-refractivity contribution in [3.8, 4) is 0 Å². The van der Waals surface area contributed by atoms with Crippen molar-refractivity contribution in [1.82, 2.24) is 10.2 Å². The molecule has 1 aromatic carbocycles. The fourth-order valence-corrected chi connectivity index (χ4v) is 3.66. The van der Waals surface area contributed by atoms with Gasteiger partial charge in [0.2, 0.25) is 0 Å². The third-order valence-corrected chi connectivity index (χ3v) is 4.95. The van der Waals surface area contributed by atoms with E-state index < -0.39 is 0 Å². The zero-order valence-corrected chi connectivity index (χ0v) is 12.9. The van der Waals surface area contributed by atoms with Crippen molar-refractivity contribution in [1.29, 1.82) is 0 Å². The summed E-state index contributed by atoms with van der Waals surface area (Å²) < 4.78 is 13.2. The van der Waals surface area contributed by atoms with Gasteiger partial charge in [-0.05, 0) is 48.9 Å². The molecule has 2 N–H and O–H groups in total. The van der Waals surface area contributed by atoms with Gasteiger partial charge in [0.15, 0.2) is 0 Å². The zero-order chi connectivity index (χ0) is 15.7. The number of benzene rings is 1. The maximum atomic E-state index is 13.2. The van der Waals surface area contributed by atoms with Crippen LogP contribution in [0.25, 0.3) is 0 Å². The first-order valence-electron chi connectivity index (χ1n) is 8.02. The second-order valence-corrected chi connectivity index (χ2v) is 6.52. The second kappa shape index (κ2) is 6.24. The molecule has 5 heteroatoms. The molecule has 2 amide bonds. The summed E-state index contributed by atoms with van der Waals surface area (Å²) in [6.07, 6.45) is 4.16. The van der Waals surface area contributed by atoms with E-state index in [1.54, 1.807) is 24.1 Å². The number of aliphatic hydroxyl groups excluding tert-OH is 1. The van der Waals surface area contributed by atoms with Gasteiger partial charge >= 0.3 is 6.03 Å². The number of hydrogen-bond acceptors (Lipinski definition) is 2. The summed E-state index contributed by atoms with van der Waals surface area (Å²) >= 11 is 0. The SMILES string of the molecule is CN(CC1CCCC1O)C(=O)NC1CCc2cc(F)ccc21. The first-order valence-corrected chi connectivity index (χ1v) is 8.02.